The number of aliphatic imine (C=N–C) groups is 1. The Labute approximate surface area is 239 Å². The van der Waals surface area contributed by atoms with E-state index in [2.05, 4.69) is 10.2 Å². The third kappa shape index (κ3) is 4.85. The third-order valence-corrected chi connectivity index (χ3v) is 8.33. The molecule has 0 radical (unpaired) electrons. The van der Waals surface area contributed by atoms with Gasteiger partial charge in [0.25, 0.3) is 0 Å². The van der Waals surface area contributed by atoms with Gasteiger partial charge in [-0.1, -0.05) is 72.3 Å². The van der Waals surface area contributed by atoms with Crippen molar-refractivity contribution >= 4 is 34.6 Å². The van der Waals surface area contributed by atoms with Crippen molar-refractivity contribution < 1.29 is 13.9 Å². The lowest BCUT2D eigenvalue weighted by Gasteiger charge is -2.13. The summed E-state index contributed by atoms with van der Waals surface area (Å²) in [6, 6.07) is 23.7. The Morgan fingerprint density at radius 3 is 2.58 bits per heavy atom. The fraction of sp³-hybridized carbons (Fsp3) is 0.161. The van der Waals surface area contributed by atoms with Crippen LogP contribution in [0.4, 0.5) is 4.39 Å². The fourth-order valence-electron chi connectivity index (χ4n) is 4.79. The number of aromatic nitrogens is 3. The number of fused-ring (bicyclic) bond motifs is 3. The zero-order valence-electron chi connectivity index (χ0n) is 21.8. The molecule has 1 atom stereocenters. The molecular weight excluding hydrogens is 547 g/mol. The Kier molecular flexibility index (Phi) is 7.04. The summed E-state index contributed by atoms with van der Waals surface area (Å²) >= 11 is 8.03. The molecule has 2 aromatic heterocycles. The molecule has 0 amide bonds. The van der Waals surface area contributed by atoms with Crippen LogP contribution in [-0.4, -0.2) is 26.4 Å². The topological polar surface area (TPSA) is 69.4 Å². The normalized spacial score (nSPS) is 13.2. The van der Waals surface area contributed by atoms with E-state index in [9.17, 15) is 9.18 Å². The first-order valence-corrected chi connectivity index (χ1v) is 14.0. The van der Waals surface area contributed by atoms with E-state index >= 15 is 0 Å². The van der Waals surface area contributed by atoms with E-state index in [1.54, 1.807) is 19.1 Å². The number of thiophene rings is 1. The molecule has 200 valence electrons. The lowest BCUT2D eigenvalue weighted by atomic mass is 9.97. The van der Waals surface area contributed by atoms with Crippen molar-refractivity contribution in [2.45, 2.75) is 32.9 Å². The highest BCUT2D eigenvalue weighted by Crippen LogP contribution is 2.35. The molecule has 0 aliphatic carbocycles. The first-order chi connectivity index (χ1) is 19.4. The molecule has 9 heteroatoms. The minimum absolute atomic E-state index is 0.0672. The van der Waals surface area contributed by atoms with E-state index in [1.165, 1.54) is 17.4 Å². The van der Waals surface area contributed by atoms with Crippen LogP contribution in [0.1, 0.15) is 46.1 Å². The number of carbonyl (C=O) groups excluding carboxylic acids is 1. The summed E-state index contributed by atoms with van der Waals surface area (Å²) in [7, 11) is 0. The number of ether oxygens (including phenoxy) is 1. The van der Waals surface area contributed by atoms with Crippen molar-refractivity contribution in [1.29, 1.82) is 0 Å². The standard InChI is InChI=1S/C31H24ClFN4O2S/c1-18(21-12-13-23(27(33)14-21)20-8-4-3-5-9-20)31(38)39-17-22-15-25-29(24-10-6-7-11-26(24)32)34-16-28-36-35-19(2)37(28)30(25)40-22/h3-15,18H,16-17H2,1-2H3. The number of hydrogen-bond donors (Lipinski definition) is 0. The first-order valence-electron chi connectivity index (χ1n) is 12.8. The van der Waals surface area contributed by atoms with Crippen LogP contribution in [-0.2, 0) is 22.7 Å². The fourth-order valence-corrected chi connectivity index (χ4v) is 6.15. The molecule has 0 bridgehead atoms. The number of aryl methyl sites for hydroxylation is 1. The van der Waals surface area contributed by atoms with Gasteiger partial charge in [-0.2, -0.15) is 0 Å². The minimum atomic E-state index is -0.635. The monoisotopic (exact) mass is 570 g/mol. The molecule has 1 unspecified atom stereocenters. The van der Waals surface area contributed by atoms with Gasteiger partial charge in [-0.3, -0.25) is 14.4 Å². The van der Waals surface area contributed by atoms with Gasteiger partial charge in [-0.15, -0.1) is 21.5 Å². The van der Waals surface area contributed by atoms with Crippen LogP contribution in [0.3, 0.4) is 0 Å². The Morgan fingerprint density at radius 1 is 1.02 bits per heavy atom. The predicted molar refractivity (Wildman–Crippen MR) is 155 cm³/mol. The van der Waals surface area contributed by atoms with Gasteiger partial charge >= 0.3 is 5.97 Å². The first kappa shape index (κ1) is 26.1. The van der Waals surface area contributed by atoms with Crippen LogP contribution in [0.15, 0.2) is 83.9 Å². The van der Waals surface area contributed by atoms with Gasteiger partial charge in [0.2, 0.25) is 0 Å². The summed E-state index contributed by atoms with van der Waals surface area (Å²) in [4.78, 5) is 18.7. The summed E-state index contributed by atoms with van der Waals surface area (Å²) in [6.07, 6.45) is 0. The predicted octanol–water partition coefficient (Wildman–Crippen LogP) is 7.29. The van der Waals surface area contributed by atoms with E-state index < -0.39 is 11.9 Å². The quantitative estimate of drug-likeness (QED) is 0.201. The average molecular weight is 571 g/mol. The Bertz CT molecular complexity index is 1760. The Balaban J connectivity index is 1.25. The summed E-state index contributed by atoms with van der Waals surface area (Å²) in [6.45, 7) is 4.05. The lowest BCUT2D eigenvalue weighted by molar-refractivity contribution is -0.146. The molecule has 0 fully saturated rings. The van der Waals surface area contributed by atoms with Gasteiger partial charge in [0.05, 0.1) is 11.6 Å². The van der Waals surface area contributed by atoms with Crippen molar-refractivity contribution in [1.82, 2.24) is 14.8 Å². The highest BCUT2D eigenvalue weighted by atomic mass is 35.5. The Hall–Kier alpha value is -4.14. The van der Waals surface area contributed by atoms with Crippen molar-refractivity contribution in [2.24, 2.45) is 4.99 Å². The molecular formula is C31H24ClFN4O2S. The molecule has 6 nitrogen and oxygen atoms in total. The van der Waals surface area contributed by atoms with Crippen molar-refractivity contribution in [3.63, 3.8) is 0 Å². The van der Waals surface area contributed by atoms with Crippen LogP contribution < -0.4 is 0 Å². The number of nitrogens with zero attached hydrogens (tertiary/aromatic N) is 4. The average Bonchev–Trinajstić information content (AvgIpc) is 3.51. The molecule has 0 spiro atoms. The van der Waals surface area contributed by atoms with Gasteiger partial charge in [0.1, 0.15) is 29.8 Å². The van der Waals surface area contributed by atoms with Crippen LogP contribution in [0.25, 0.3) is 16.1 Å². The summed E-state index contributed by atoms with van der Waals surface area (Å²) in [5, 5.41) is 10.0. The molecule has 1 aliphatic rings. The van der Waals surface area contributed by atoms with E-state index in [4.69, 9.17) is 21.3 Å². The molecule has 0 saturated carbocycles. The molecule has 1 aliphatic heterocycles. The maximum absolute atomic E-state index is 14.9. The number of esters is 1. The Morgan fingerprint density at radius 2 is 1.80 bits per heavy atom. The molecule has 0 saturated heterocycles. The molecule has 3 heterocycles. The molecule has 0 N–H and O–H groups in total. The van der Waals surface area contributed by atoms with Crippen molar-refractivity contribution in [2.75, 3.05) is 0 Å². The van der Waals surface area contributed by atoms with Crippen LogP contribution in [0, 0.1) is 12.7 Å². The zero-order chi connectivity index (χ0) is 27.8. The maximum Gasteiger partial charge on any atom is 0.313 e. The van der Waals surface area contributed by atoms with Gasteiger partial charge in [-0.05, 0) is 43.2 Å². The van der Waals surface area contributed by atoms with Gasteiger partial charge in [0, 0.05) is 26.6 Å². The van der Waals surface area contributed by atoms with E-state index in [0.717, 1.165) is 43.9 Å². The van der Waals surface area contributed by atoms with Crippen molar-refractivity contribution in [3.8, 4) is 16.1 Å². The maximum atomic E-state index is 14.9. The smallest absolute Gasteiger partial charge is 0.313 e. The second-order valence-corrected chi connectivity index (χ2v) is 11.0. The number of hydrogen-bond acceptors (Lipinski definition) is 6. The van der Waals surface area contributed by atoms with E-state index in [-0.39, 0.29) is 12.4 Å². The van der Waals surface area contributed by atoms with Crippen LogP contribution >= 0.6 is 22.9 Å². The second kappa shape index (κ2) is 10.8. The van der Waals surface area contributed by atoms with Gasteiger partial charge < -0.3 is 4.74 Å². The third-order valence-electron chi connectivity index (χ3n) is 6.91. The van der Waals surface area contributed by atoms with Crippen molar-refractivity contribution in [3.05, 3.63) is 123 Å². The SMILES string of the molecule is Cc1nnc2n1-c1sc(COC(=O)C(C)c3ccc(-c4ccccc4)c(F)c3)cc1C(c1ccccc1Cl)=NC2. The lowest BCUT2D eigenvalue weighted by Crippen LogP contribution is -2.13. The number of benzene rings is 3. The largest absolute Gasteiger partial charge is 0.460 e. The highest BCUT2D eigenvalue weighted by Gasteiger charge is 2.26. The zero-order valence-corrected chi connectivity index (χ0v) is 23.3. The minimum Gasteiger partial charge on any atom is -0.460 e. The summed E-state index contributed by atoms with van der Waals surface area (Å²) < 4.78 is 22.6. The second-order valence-electron chi connectivity index (χ2n) is 9.51. The number of halogens is 2. The van der Waals surface area contributed by atoms with Gasteiger partial charge in [0.15, 0.2) is 5.82 Å². The van der Waals surface area contributed by atoms with E-state index in [0.29, 0.717) is 22.7 Å². The summed E-state index contributed by atoms with van der Waals surface area (Å²) in [5.74, 6) is 0.0187. The molecule has 3 aromatic carbocycles. The number of carbonyl (C=O) groups is 1. The summed E-state index contributed by atoms with van der Waals surface area (Å²) in [5.41, 5.74) is 4.27. The number of rotatable bonds is 6. The van der Waals surface area contributed by atoms with Gasteiger partial charge in [-0.25, -0.2) is 4.39 Å². The van der Waals surface area contributed by atoms with E-state index in [1.807, 2.05) is 72.2 Å². The van der Waals surface area contributed by atoms with Crippen LogP contribution in [0.5, 0.6) is 0 Å². The van der Waals surface area contributed by atoms with Crippen LogP contribution in [0.2, 0.25) is 5.02 Å². The molecule has 5 aromatic rings. The molecule has 40 heavy (non-hydrogen) atoms. The molecule has 6 rings (SSSR count). The highest BCUT2D eigenvalue weighted by molar-refractivity contribution is 7.15.